The van der Waals surface area contributed by atoms with E-state index in [4.69, 9.17) is 4.74 Å². The molecule has 1 aliphatic heterocycles. The summed E-state index contributed by atoms with van der Waals surface area (Å²) in [5.74, 6) is 1.14. The average Bonchev–Trinajstić information content (AvgIpc) is 2.90. The minimum Gasteiger partial charge on any atom is -0.496 e. The summed E-state index contributed by atoms with van der Waals surface area (Å²) < 4.78 is 5.61. The highest BCUT2D eigenvalue weighted by atomic mass is 16.5. The van der Waals surface area contributed by atoms with Crippen LogP contribution in [0.4, 0.5) is 0 Å². The number of rotatable bonds is 6. The lowest BCUT2D eigenvalue weighted by atomic mass is 10.0. The number of aryl methyl sites for hydroxylation is 1. The fourth-order valence-electron chi connectivity index (χ4n) is 2.26. The number of ether oxygens (including phenoxy) is 1. The molecule has 2 nitrogen and oxygen atoms in total. The van der Waals surface area contributed by atoms with Crippen molar-refractivity contribution in [2.24, 2.45) is 0 Å². The minimum absolute atomic E-state index is 0.390. The van der Waals surface area contributed by atoms with Gasteiger partial charge in [-0.25, -0.2) is 0 Å². The van der Waals surface area contributed by atoms with E-state index in [-0.39, 0.29) is 0 Å². The molecule has 0 bridgehead atoms. The summed E-state index contributed by atoms with van der Waals surface area (Å²) in [4.78, 5) is 0. The first-order valence-corrected chi connectivity index (χ1v) is 6.44. The Bertz CT molecular complexity index is 358. The molecule has 1 aromatic rings. The molecule has 1 atom stereocenters. The molecule has 2 heteroatoms. The van der Waals surface area contributed by atoms with E-state index in [2.05, 4.69) is 41.7 Å². The average molecular weight is 231 g/mol. The van der Waals surface area contributed by atoms with Crippen LogP contribution in [-0.4, -0.2) is 19.7 Å². The highest BCUT2D eigenvalue weighted by molar-refractivity contribution is 5.15. The number of hydrogen-bond donors (Lipinski definition) is 1. The van der Waals surface area contributed by atoms with Crippen molar-refractivity contribution in [3.8, 4) is 0 Å². The van der Waals surface area contributed by atoms with E-state index >= 15 is 0 Å². The lowest BCUT2D eigenvalue weighted by Crippen LogP contribution is -2.27. The maximum absolute atomic E-state index is 5.61. The van der Waals surface area contributed by atoms with Gasteiger partial charge in [0.25, 0.3) is 0 Å². The van der Waals surface area contributed by atoms with Crippen LogP contribution >= 0.6 is 0 Å². The molecule has 92 valence electrons. The van der Waals surface area contributed by atoms with E-state index in [1.807, 2.05) is 7.05 Å². The molecule has 0 aromatic heterocycles. The SMILES string of the molecule is CNC(CCCc1ccccc1)C1=CCCO1. The third-order valence-electron chi connectivity index (χ3n) is 3.23. The second kappa shape index (κ2) is 6.45. The second-order valence-electron chi connectivity index (χ2n) is 4.46. The van der Waals surface area contributed by atoms with Gasteiger partial charge in [0.05, 0.1) is 12.6 Å². The Balaban J connectivity index is 1.77. The van der Waals surface area contributed by atoms with Crippen LogP contribution in [0.15, 0.2) is 42.2 Å². The summed E-state index contributed by atoms with van der Waals surface area (Å²) in [5.41, 5.74) is 1.42. The van der Waals surface area contributed by atoms with Gasteiger partial charge in [-0.15, -0.1) is 0 Å². The molecule has 0 amide bonds. The molecule has 1 N–H and O–H groups in total. The quantitative estimate of drug-likeness (QED) is 0.813. The molecule has 1 heterocycles. The van der Waals surface area contributed by atoms with E-state index in [1.54, 1.807) is 0 Å². The normalized spacial score (nSPS) is 16.4. The smallest absolute Gasteiger partial charge is 0.109 e. The van der Waals surface area contributed by atoms with Crippen LogP contribution in [0.1, 0.15) is 24.8 Å². The lowest BCUT2D eigenvalue weighted by molar-refractivity contribution is 0.213. The van der Waals surface area contributed by atoms with E-state index in [0.717, 1.165) is 31.6 Å². The monoisotopic (exact) mass is 231 g/mol. The zero-order chi connectivity index (χ0) is 11.9. The largest absolute Gasteiger partial charge is 0.496 e. The standard InChI is InChI=1S/C15H21NO/c1-16-14(15-11-6-12-17-15)10-5-9-13-7-3-2-4-8-13/h2-4,7-8,11,14,16H,5-6,9-10,12H2,1H3. The van der Waals surface area contributed by atoms with Gasteiger partial charge in [-0.1, -0.05) is 30.3 Å². The Morgan fingerprint density at radius 2 is 2.12 bits per heavy atom. The van der Waals surface area contributed by atoms with Crippen LogP contribution in [0.3, 0.4) is 0 Å². The molecule has 1 aliphatic rings. The molecule has 0 radical (unpaired) electrons. The van der Waals surface area contributed by atoms with Gasteiger partial charge >= 0.3 is 0 Å². The number of likely N-dealkylation sites (N-methyl/N-ethyl adjacent to an activating group) is 1. The summed E-state index contributed by atoms with van der Waals surface area (Å²) in [5, 5.41) is 3.34. The van der Waals surface area contributed by atoms with Crippen molar-refractivity contribution in [3.63, 3.8) is 0 Å². The van der Waals surface area contributed by atoms with Gasteiger partial charge in [-0.3, -0.25) is 0 Å². The zero-order valence-electron chi connectivity index (χ0n) is 10.5. The van der Waals surface area contributed by atoms with Crippen LogP contribution in [0.5, 0.6) is 0 Å². The van der Waals surface area contributed by atoms with Gasteiger partial charge in [0, 0.05) is 6.42 Å². The van der Waals surface area contributed by atoms with Crippen molar-refractivity contribution in [1.82, 2.24) is 5.32 Å². The highest BCUT2D eigenvalue weighted by Gasteiger charge is 2.16. The molecule has 0 spiro atoms. The molecule has 0 fully saturated rings. The van der Waals surface area contributed by atoms with Gasteiger partial charge in [0.15, 0.2) is 0 Å². The first kappa shape index (κ1) is 12.2. The fraction of sp³-hybridized carbons (Fsp3) is 0.467. The van der Waals surface area contributed by atoms with Gasteiger partial charge < -0.3 is 10.1 Å². The molecule has 1 unspecified atom stereocenters. The van der Waals surface area contributed by atoms with Crippen molar-refractivity contribution < 1.29 is 4.74 Å². The third-order valence-corrected chi connectivity index (χ3v) is 3.23. The minimum atomic E-state index is 0.390. The molecule has 2 rings (SSSR count). The number of nitrogens with one attached hydrogen (secondary N) is 1. The van der Waals surface area contributed by atoms with Crippen molar-refractivity contribution in [3.05, 3.63) is 47.7 Å². The number of benzene rings is 1. The van der Waals surface area contributed by atoms with Crippen LogP contribution in [0.2, 0.25) is 0 Å². The fourth-order valence-corrected chi connectivity index (χ4v) is 2.26. The molecule has 0 saturated heterocycles. The van der Waals surface area contributed by atoms with E-state index in [9.17, 15) is 0 Å². The second-order valence-corrected chi connectivity index (χ2v) is 4.46. The molecular weight excluding hydrogens is 210 g/mol. The van der Waals surface area contributed by atoms with E-state index < -0.39 is 0 Å². The summed E-state index contributed by atoms with van der Waals surface area (Å²) in [6.45, 7) is 0.853. The molecule has 0 saturated carbocycles. The lowest BCUT2D eigenvalue weighted by Gasteiger charge is -2.17. The van der Waals surface area contributed by atoms with Gasteiger partial charge in [0.2, 0.25) is 0 Å². The first-order valence-electron chi connectivity index (χ1n) is 6.44. The summed E-state index contributed by atoms with van der Waals surface area (Å²) in [6, 6.07) is 11.1. The third kappa shape index (κ3) is 3.60. The van der Waals surface area contributed by atoms with Gasteiger partial charge in [-0.05, 0) is 37.9 Å². The predicted molar refractivity (Wildman–Crippen MR) is 70.9 cm³/mol. The molecule has 0 aliphatic carbocycles. The predicted octanol–water partition coefficient (Wildman–Crippen LogP) is 2.90. The van der Waals surface area contributed by atoms with E-state index in [1.165, 1.54) is 12.0 Å². The Kier molecular flexibility index (Phi) is 4.63. The molecule has 17 heavy (non-hydrogen) atoms. The zero-order valence-corrected chi connectivity index (χ0v) is 10.5. The van der Waals surface area contributed by atoms with Crippen LogP contribution < -0.4 is 5.32 Å². The Hall–Kier alpha value is -1.28. The van der Waals surface area contributed by atoms with Crippen LogP contribution in [0.25, 0.3) is 0 Å². The number of hydrogen-bond acceptors (Lipinski definition) is 2. The summed E-state index contributed by atoms with van der Waals surface area (Å²) >= 11 is 0. The van der Waals surface area contributed by atoms with Crippen molar-refractivity contribution in [1.29, 1.82) is 0 Å². The topological polar surface area (TPSA) is 21.3 Å². The first-order chi connectivity index (χ1) is 8.40. The summed E-state index contributed by atoms with van der Waals surface area (Å²) in [6.07, 6.45) is 6.75. The maximum atomic E-state index is 5.61. The van der Waals surface area contributed by atoms with Crippen LogP contribution in [-0.2, 0) is 11.2 Å². The van der Waals surface area contributed by atoms with Crippen LogP contribution in [0, 0.1) is 0 Å². The van der Waals surface area contributed by atoms with E-state index in [0.29, 0.717) is 6.04 Å². The van der Waals surface area contributed by atoms with Crippen molar-refractivity contribution in [2.75, 3.05) is 13.7 Å². The Labute approximate surface area is 104 Å². The highest BCUT2D eigenvalue weighted by Crippen LogP contribution is 2.17. The summed E-state index contributed by atoms with van der Waals surface area (Å²) in [7, 11) is 2.01. The van der Waals surface area contributed by atoms with Crippen molar-refractivity contribution in [2.45, 2.75) is 31.7 Å². The molecule has 1 aromatic carbocycles. The Morgan fingerprint density at radius 3 is 2.76 bits per heavy atom. The van der Waals surface area contributed by atoms with Crippen molar-refractivity contribution >= 4 is 0 Å². The maximum Gasteiger partial charge on any atom is 0.109 e. The molecular formula is C15H21NO. The van der Waals surface area contributed by atoms with Gasteiger partial charge in [-0.2, -0.15) is 0 Å². The van der Waals surface area contributed by atoms with Gasteiger partial charge in [0.1, 0.15) is 5.76 Å². The Morgan fingerprint density at radius 1 is 1.29 bits per heavy atom.